The molecule has 2 nitrogen and oxygen atoms in total. The molecular formula is C12H26N2. The molecule has 0 spiro atoms. The van der Waals surface area contributed by atoms with Crippen molar-refractivity contribution in [3.63, 3.8) is 0 Å². The summed E-state index contributed by atoms with van der Waals surface area (Å²) in [5, 5.41) is 3.58. The van der Waals surface area contributed by atoms with E-state index in [1.54, 1.807) is 0 Å². The van der Waals surface area contributed by atoms with Gasteiger partial charge in [0.25, 0.3) is 0 Å². The van der Waals surface area contributed by atoms with Crippen LogP contribution < -0.4 is 5.32 Å². The zero-order chi connectivity index (χ0) is 10.4. The van der Waals surface area contributed by atoms with Gasteiger partial charge in [0.2, 0.25) is 0 Å². The van der Waals surface area contributed by atoms with E-state index in [9.17, 15) is 0 Å². The van der Waals surface area contributed by atoms with Crippen LogP contribution in [-0.4, -0.2) is 37.1 Å². The molecular weight excluding hydrogens is 172 g/mol. The Morgan fingerprint density at radius 3 is 2.43 bits per heavy atom. The van der Waals surface area contributed by atoms with Crippen LogP contribution in [0.3, 0.4) is 0 Å². The fourth-order valence-corrected chi connectivity index (χ4v) is 2.02. The van der Waals surface area contributed by atoms with Crippen LogP contribution in [0, 0.1) is 5.92 Å². The van der Waals surface area contributed by atoms with Gasteiger partial charge in [-0.2, -0.15) is 0 Å². The molecule has 1 saturated heterocycles. The fourth-order valence-electron chi connectivity index (χ4n) is 2.02. The van der Waals surface area contributed by atoms with Crippen LogP contribution in [0.15, 0.2) is 0 Å². The summed E-state index contributed by atoms with van der Waals surface area (Å²) >= 11 is 0. The summed E-state index contributed by atoms with van der Waals surface area (Å²) in [6, 6.07) is 0.677. The molecule has 0 aromatic carbocycles. The molecule has 1 N–H and O–H groups in total. The molecule has 0 aromatic heterocycles. The van der Waals surface area contributed by atoms with Gasteiger partial charge in [-0.15, -0.1) is 0 Å². The first kappa shape index (κ1) is 12.0. The first-order valence-electron chi connectivity index (χ1n) is 6.18. The predicted molar refractivity (Wildman–Crippen MR) is 62.6 cm³/mol. The van der Waals surface area contributed by atoms with E-state index in [1.165, 1.54) is 45.4 Å². The lowest BCUT2D eigenvalue weighted by atomic mass is 10.1. The Morgan fingerprint density at radius 2 is 1.86 bits per heavy atom. The van der Waals surface area contributed by atoms with Crippen LogP contribution in [0.25, 0.3) is 0 Å². The Kier molecular flexibility index (Phi) is 5.49. The number of hydrogen-bond donors (Lipinski definition) is 1. The highest BCUT2D eigenvalue weighted by Gasteiger charge is 2.14. The van der Waals surface area contributed by atoms with Gasteiger partial charge in [0.15, 0.2) is 0 Å². The van der Waals surface area contributed by atoms with Crippen LogP contribution in [0.2, 0.25) is 0 Å². The molecule has 1 aliphatic rings. The first-order chi connectivity index (χ1) is 6.72. The molecule has 0 aromatic rings. The summed E-state index contributed by atoms with van der Waals surface area (Å²) in [6.45, 7) is 12.0. The van der Waals surface area contributed by atoms with Gasteiger partial charge in [0.1, 0.15) is 0 Å². The van der Waals surface area contributed by atoms with Crippen molar-refractivity contribution in [2.24, 2.45) is 5.92 Å². The van der Waals surface area contributed by atoms with Crippen molar-refractivity contribution >= 4 is 0 Å². The largest absolute Gasteiger partial charge is 0.314 e. The highest BCUT2D eigenvalue weighted by Crippen LogP contribution is 2.09. The second-order valence-electron chi connectivity index (χ2n) is 4.83. The van der Waals surface area contributed by atoms with Crippen molar-refractivity contribution in [1.82, 2.24) is 10.2 Å². The van der Waals surface area contributed by atoms with Crippen LogP contribution in [0.1, 0.15) is 40.0 Å². The quantitative estimate of drug-likeness (QED) is 0.703. The highest BCUT2D eigenvalue weighted by atomic mass is 15.1. The molecule has 0 aliphatic carbocycles. The molecule has 2 unspecified atom stereocenters. The Morgan fingerprint density at radius 1 is 1.21 bits per heavy atom. The van der Waals surface area contributed by atoms with Gasteiger partial charge in [0.05, 0.1) is 0 Å². The first-order valence-corrected chi connectivity index (χ1v) is 6.18. The molecule has 1 fully saturated rings. The van der Waals surface area contributed by atoms with Crippen molar-refractivity contribution in [3.05, 3.63) is 0 Å². The van der Waals surface area contributed by atoms with Crippen LogP contribution in [-0.2, 0) is 0 Å². The average molecular weight is 198 g/mol. The number of nitrogens with one attached hydrogen (secondary N) is 1. The minimum atomic E-state index is 0.677. The van der Waals surface area contributed by atoms with Crippen LogP contribution >= 0.6 is 0 Å². The number of hydrogen-bond acceptors (Lipinski definition) is 2. The Hall–Kier alpha value is -0.0800. The molecule has 2 atom stereocenters. The molecule has 0 amide bonds. The zero-order valence-corrected chi connectivity index (χ0v) is 10.1. The zero-order valence-electron chi connectivity index (χ0n) is 10.1. The lowest BCUT2D eigenvalue weighted by Gasteiger charge is -2.22. The Labute approximate surface area is 89.1 Å². The minimum absolute atomic E-state index is 0.677. The van der Waals surface area contributed by atoms with Gasteiger partial charge >= 0.3 is 0 Å². The van der Waals surface area contributed by atoms with Crippen LogP contribution in [0.5, 0.6) is 0 Å². The second kappa shape index (κ2) is 6.41. The highest BCUT2D eigenvalue weighted by molar-refractivity contribution is 4.71. The third-order valence-corrected chi connectivity index (χ3v) is 3.20. The summed E-state index contributed by atoms with van der Waals surface area (Å²) in [5.41, 5.74) is 0. The maximum absolute atomic E-state index is 3.58. The lowest BCUT2D eigenvalue weighted by Crippen LogP contribution is -2.35. The van der Waals surface area contributed by atoms with Crippen molar-refractivity contribution in [2.45, 2.75) is 46.1 Å². The van der Waals surface area contributed by atoms with E-state index in [2.05, 4.69) is 31.0 Å². The minimum Gasteiger partial charge on any atom is -0.314 e. The van der Waals surface area contributed by atoms with Crippen LogP contribution in [0.4, 0.5) is 0 Å². The normalized spacial score (nSPS) is 22.5. The van der Waals surface area contributed by atoms with Gasteiger partial charge in [-0.05, 0) is 51.7 Å². The van der Waals surface area contributed by atoms with Crippen molar-refractivity contribution in [3.8, 4) is 0 Å². The number of likely N-dealkylation sites (tertiary alicyclic amines) is 1. The van der Waals surface area contributed by atoms with Crippen molar-refractivity contribution in [1.29, 1.82) is 0 Å². The third kappa shape index (κ3) is 4.43. The SMILES string of the molecule is CCC(C)NCC(C)CN1CCCC1. The van der Waals surface area contributed by atoms with Gasteiger partial charge < -0.3 is 10.2 Å². The van der Waals surface area contributed by atoms with E-state index < -0.39 is 0 Å². The fraction of sp³-hybridized carbons (Fsp3) is 1.00. The summed E-state index contributed by atoms with van der Waals surface area (Å²) in [4.78, 5) is 2.60. The summed E-state index contributed by atoms with van der Waals surface area (Å²) < 4.78 is 0. The molecule has 0 bridgehead atoms. The molecule has 1 aliphatic heterocycles. The van der Waals surface area contributed by atoms with E-state index in [-0.39, 0.29) is 0 Å². The summed E-state index contributed by atoms with van der Waals surface area (Å²) in [6.07, 6.45) is 4.05. The number of rotatable bonds is 6. The second-order valence-corrected chi connectivity index (χ2v) is 4.83. The Bertz CT molecular complexity index is 141. The summed E-state index contributed by atoms with van der Waals surface area (Å²) in [7, 11) is 0. The van der Waals surface area contributed by atoms with E-state index in [1.807, 2.05) is 0 Å². The molecule has 0 saturated carbocycles. The van der Waals surface area contributed by atoms with Gasteiger partial charge in [-0.1, -0.05) is 13.8 Å². The maximum Gasteiger partial charge on any atom is 0.00362 e. The van der Waals surface area contributed by atoms with Crippen molar-refractivity contribution < 1.29 is 0 Å². The van der Waals surface area contributed by atoms with E-state index in [0.717, 1.165) is 5.92 Å². The molecule has 1 rings (SSSR count). The average Bonchev–Trinajstić information content (AvgIpc) is 2.66. The number of nitrogens with zero attached hydrogens (tertiary/aromatic N) is 1. The van der Waals surface area contributed by atoms with Gasteiger partial charge in [-0.3, -0.25) is 0 Å². The van der Waals surface area contributed by atoms with E-state index in [0.29, 0.717) is 6.04 Å². The van der Waals surface area contributed by atoms with E-state index in [4.69, 9.17) is 0 Å². The molecule has 0 radical (unpaired) electrons. The van der Waals surface area contributed by atoms with E-state index >= 15 is 0 Å². The molecule has 84 valence electrons. The smallest absolute Gasteiger partial charge is 0.00362 e. The molecule has 14 heavy (non-hydrogen) atoms. The predicted octanol–water partition coefficient (Wildman–Crippen LogP) is 2.11. The standard InChI is InChI=1S/C12H26N2/c1-4-12(3)13-9-11(2)10-14-7-5-6-8-14/h11-13H,4-10H2,1-3H3. The maximum atomic E-state index is 3.58. The Balaban J connectivity index is 2.05. The monoisotopic (exact) mass is 198 g/mol. The molecule has 2 heteroatoms. The van der Waals surface area contributed by atoms with Gasteiger partial charge in [-0.25, -0.2) is 0 Å². The lowest BCUT2D eigenvalue weighted by molar-refractivity contribution is 0.278. The van der Waals surface area contributed by atoms with Crippen molar-refractivity contribution in [2.75, 3.05) is 26.2 Å². The summed E-state index contributed by atoms with van der Waals surface area (Å²) in [5.74, 6) is 0.794. The van der Waals surface area contributed by atoms with Gasteiger partial charge in [0, 0.05) is 12.6 Å². The topological polar surface area (TPSA) is 15.3 Å². The third-order valence-electron chi connectivity index (χ3n) is 3.20. The molecule has 1 heterocycles.